The van der Waals surface area contributed by atoms with Crippen molar-refractivity contribution >= 4 is 16.7 Å². The van der Waals surface area contributed by atoms with Gasteiger partial charge in [0, 0.05) is 23.7 Å². The average molecular weight is 325 g/mol. The van der Waals surface area contributed by atoms with Crippen LogP contribution in [0.5, 0.6) is 0 Å². The molecule has 3 nitrogen and oxygen atoms in total. The fourth-order valence-corrected chi connectivity index (χ4v) is 2.92. The van der Waals surface area contributed by atoms with Crippen molar-refractivity contribution in [3.63, 3.8) is 0 Å². The van der Waals surface area contributed by atoms with E-state index in [2.05, 4.69) is 25.2 Å². The number of nitrogens with one attached hydrogen (secondary N) is 1. The van der Waals surface area contributed by atoms with Crippen molar-refractivity contribution in [1.82, 2.24) is 0 Å². The summed E-state index contributed by atoms with van der Waals surface area (Å²) in [7, 11) is 0. The largest absolute Gasteiger partial charge is 0.423 e. The summed E-state index contributed by atoms with van der Waals surface area (Å²) in [6.07, 6.45) is 0. The molecule has 1 heterocycles. The summed E-state index contributed by atoms with van der Waals surface area (Å²) in [6.45, 7) is 6.78. The van der Waals surface area contributed by atoms with Crippen molar-refractivity contribution in [2.75, 3.05) is 5.32 Å². The van der Waals surface area contributed by atoms with Gasteiger partial charge in [0.05, 0.1) is 0 Å². The Morgan fingerprint density at radius 3 is 2.50 bits per heavy atom. The molecule has 2 aromatic carbocycles. The van der Waals surface area contributed by atoms with Crippen LogP contribution in [0, 0.1) is 12.7 Å². The second kappa shape index (κ2) is 6.48. The van der Waals surface area contributed by atoms with E-state index < -0.39 is 0 Å². The van der Waals surface area contributed by atoms with Crippen LogP contribution in [0.15, 0.2) is 51.7 Å². The molecule has 124 valence electrons. The number of aryl methyl sites for hydroxylation is 1. The lowest BCUT2D eigenvalue weighted by Gasteiger charge is -2.13. The number of hydrogen-bond acceptors (Lipinski definition) is 3. The molecule has 0 atom stereocenters. The van der Waals surface area contributed by atoms with Crippen LogP contribution < -0.4 is 10.9 Å². The highest BCUT2D eigenvalue weighted by atomic mass is 19.1. The van der Waals surface area contributed by atoms with E-state index in [0.717, 1.165) is 22.2 Å². The number of hydrogen-bond donors (Lipinski definition) is 1. The fraction of sp³-hybridized carbons (Fsp3) is 0.250. The van der Waals surface area contributed by atoms with Crippen molar-refractivity contribution in [1.29, 1.82) is 0 Å². The minimum absolute atomic E-state index is 0.275. The summed E-state index contributed by atoms with van der Waals surface area (Å²) >= 11 is 0. The highest BCUT2D eigenvalue weighted by Crippen LogP contribution is 2.27. The van der Waals surface area contributed by atoms with Gasteiger partial charge in [0.1, 0.15) is 11.4 Å². The van der Waals surface area contributed by atoms with Gasteiger partial charge in [0.25, 0.3) is 0 Å². The van der Waals surface area contributed by atoms with Gasteiger partial charge in [-0.1, -0.05) is 13.8 Å². The standard InChI is InChI=1S/C20H20FNO2/c1-12(2)17-10-18-14(9-20(23)24-19(18)8-13(17)3)11-22-16-6-4-15(21)5-7-16/h4-10,12,22H,11H2,1-3H3. The van der Waals surface area contributed by atoms with Gasteiger partial charge in [-0.05, 0) is 65.9 Å². The monoisotopic (exact) mass is 325 g/mol. The number of anilines is 1. The van der Waals surface area contributed by atoms with Gasteiger partial charge < -0.3 is 9.73 Å². The van der Waals surface area contributed by atoms with E-state index >= 15 is 0 Å². The van der Waals surface area contributed by atoms with E-state index in [-0.39, 0.29) is 11.4 Å². The summed E-state index contributed by atoms with van der Waals surface area (Å²) in [5.41, 5.74) is 4.25. The molecule has 1 N–H and O–H groups in total. The third-order valence-corrected chi connectivity index (χ3v) is 4.17. The maximum atomic E-state index is 13.0. The molecular formula is C20H20FNO2. The molecule has 1 aromatic heterocycles. The highest BCUT2D eigenvalue weighted by molar-refractivity contribution is 5.82. The number of rotatable bonds is 4. The SMILES string of the molecule is Cc1cc2oc(=O)cc(CNc3ccc(F)cc3)c2cc1C(C)C. The lowest BCUT2D eigenvalue weighted by atomic mass is 9.95. The number of fused-ring (bicyclic) bond motifs is 1. The average Bonchev–Trinajstić information content (AvgIpc) is 2.53. The van der Waals surface area contributed by atoms with Gasteiger partial charge in [-0.2, -0.15) is 0 Å². The first kappa shape index (κ1) is 16.2. The number of halogens is 1. The molecule has 0 saturated carbocycles. The Hall–Kier alpha value is -2.62. The van der Waals surface area contributed by atoms with E-state index in [9.17, 15) is 9.18 Å². The molecule has 0 spiro atoms. The third-order valence-electron chi connectivity index (χ3n) is 4.17. The van der Waals surface area contributed by atoms with Gasteiger partial charge >= 0.3 is 5.63 Å². The minimum Gasteiger partial charge on any atom is -0.423 e. The van der Waals surface area contributed by atoms with Crippen molar-refractivity contribution < 1.29 is 8.81 Å². The Morgan fingerprint density at radius 1 is 1.12 bits per heavy atom. The minimum atomic E-state index is -0.366. The summed E-state index contributed by atoms with van der Waals surface area (Å²) in [5.74, 6) is 0.114. The highest BCUT2D eigenvalue weighted by Gasteiger charge is 2.11. The summed E-state index contributed by atoms with van der Waals surface area (Å²) in [5, 5.41) is 4.15. The maximum Gasteiger partial charge on any atom is 0.336 e. The van der Waals surface area contributed by atoms with E-state index in [1.54, 1.807) is 12.1 Å². The van der Waals surface area contributed by atoms with E-state index in [1.807, 2.05) is 13.0 Å². The molecule has 0 bridgehead atoms. The Bertz CT molecular complexity index is 927. The molecule has 24 heavy (non-hydrogen) atoms. The van der Waals surface area contributed by atoms with Gasteiger partial charge in [-0.3, -0.25) is 0 Å². The van der Waals surface area contributed by atoms with Gasteiger partial charge in [0.15, 0.2) is 0 Å². The first-order valence-corrected chi connectivity index (χ1v) is 8.01. The molecule has 4 heteroatoms. The summed E-state index contributed by atoms with van der Waals surface area (Å²) in [6, 6.07) is 11.7. The van der Waals surface area contributed by atoms with Crippen molar-refractivity contribution in [2.24, 2.45) is 0 Å². The smallest absolute Gasteiger partial charge is 0.336 e. The van der Waals surface area contributed by atoms with E-state index in [0.29, 0.717) is 18.0 Å². The van der Waals surface area contributed by atoms with Crippen molar-refractivity contribution in [3.05, 3.63) is 75.4 Å². The number of benzene rings is 2. The zero-order chi connectivity index (χ0) is 17.3. The first-order chi connectivity index (χ1) is 11.4. The summed E-state index contributed by atoms with van der Waals surface area (Å²) < 4.78 is 18.3. The zero-order valence-corrected chi connectivity index (χ0v) is 14.0. The second-order valence-electron chi connectivity index (χ2n) is 6.31. The maximum absolute atomic E-state index is 13.0. The van der Waals surface area contributed by atoms with Crippen LogP contribution in [-0.2, 0) is 6.54 Å². The molecule has 0 amide bonds. The molecule has 3 aromatic rings. The van der Waals surface area contributed by atoms with Crippen LogP contribution in [0.4, 0.5) is 10.1 Å². The lowest BCUT2D eigenvalue weighted by molar-refractivity contribution is 0.558. The molecule has 0 radical (unpaired) electrons. The molecule has 0 unspecified atom stereocenters. The van der Waals surface area contributed by atoms with Gasteiger partial charge in [0.2, 0.25) is 0 Å². The van der Waals surface area contributed by atoms with Crippen LogP contribution in [0.1, 0.15) is 36.5 Å². The lowest BCUT2D eigenvalue weighted by Crippen LogP contribution is -2.06. The molecule has 0 aliphatic rings. The fourth-order valence-electron chi connectivity index (χ4n) is 2.92. The molecular weight excluding hydrogens is 305 g/mol. The quantitative estimate of drug-likeness (QED) is 0.688. The molecule has 0 aliphatic heterocycles. The Morgan fingerprint density at radius 2 is 1.83 bits per heavy atom. The Labute approximate surface area is 140 Å². The normalized spacial score (nSPS) is 11.2. The molecule has 0 aliphatic carbocycles. The van der Waals surface area contributed by atoms with Crippen molar-refractivity contribution in [3.8, 4) is 0 Å². The van der Waals surface area contributed by atoms with Gasteiger partial charge in [-0.25, -0.2) is 9.18 Å². The second-order valence-corrected chi connectivity index (χ2v) is 6.31. The Kier molecular flexibility index (Phi) is 4.38. The Balaban J connectivity index is 2.01. The first-order valence-electron chi connectivity index (χ1n) is 8.01. The predicted octanol–water partition coefficient (Wildman–Crippen LogP) is 4.98. The zero-order valence-electron chi connectivity index (χ0n) is 14.0. The van der Waals surface area contributed by atoms with Crippen molar-refractivity contribution in [2.45, 2.75) is 33.2 Å². The molecule has 3 rings (SSSR count). The third kappa shape index (κ3) is 3.32. The molecule has 0 fully saturated rings. The van der Waals surface area contributed by atoms with Crippen LogP contribution >= 0.6 is 0 Å². The van der Waals surface area contributed by atoms with Crippen LogP contribution in [0.25, 0.3) is 11.0 Å². The van der Waals surface area contributed by atoms with Gasteiger partial charge in [-0.15, -0.1) is 0 Å². The van der Waals surface area contributed by atoms with E-state index in [4.69, 9.17) is 4.42 Å². The predicted molar refractivity (Wildman–Crippen MR) is 95.0 cm³/mol. The summed E-state index contributed by atoms with van der Waals surface area (Å²) in [4.78, 5) is 11.8. The van der Waals surface area contributed by atoms with Crippen LogP contribution in [0.2, 0.25) is 0 Å². The topological polar surface area (TPSA) is 42.2 Å². The van der Waals surface area contributed by atoms with Crippen LogP contribution in [0.3, 0.4) is 0 Å². The van der Waals surface area contributed by atoms with Crippen LogP contribution in [-0.4, -0.2) is 0 Å². The van der Waals surface area contributed by atoms with E-state index in [1.165, 1.54) is 23.8 Å². The molecule has 0 saturated heterocycles.